The average molecular weight is 170 g/mol. The lowest BCUT2D eigenvalue weighted by Crippen LogP contribution is -2.18. The maximum Gasteiger partial charge on any atom is 0.146 e. The fraction of sp³-hybridized carbons (Fsp3) is 0.625. The van der Waals surface area contributed by atoms with E-state index in [0.717, 1.165) is 5.82 Å². The van der Waals surface area contributed by atoms with Gasteiger partial charge in [-0.1, -0.05) is 0 Å². The third-order valence-electron chi connectivity index (χ3n) is 2.20. The van der Waals surface area contributed by atoms with Crippen LogP contribution < -0.4 is 0 Å². The van der Waals surface area contributed by atoms with E-state index in [1.54, 1.807) is 12.4 Å². The molecule has 1 aliphatic heterocycles. The second-order valence-corrected chi connectivity index (χ2v) is 3.00. The van der Waals surface area contributed by atoms with Gasteiger partial charge in [-0.25, -0.2) is 9.37 Å². The molecule has 0 aromatic carbocycles. The molecule has 2 heterocycles. The van der Waals surface area contributed by atoms with Gasteiger partial charge in [0, 0.05) is 12.4 Å². The first kappa shape index (κ1) is 7.73. The Morgan fingerprint density at radius 3 is 3.00 bits per heavy atom. The predicted molar refractivity (Wildman–Crippen MR) is 41.7 cm³/mol. The summed E-state index contributed by atoms with van der Waals surface area (Å²) in [5.41, 5.74) is 0. The predicted octanol–water partition coefficient (Wildman–Crippen LogP) is 1.10. The van der Waals surface area contributed by atoms with Crippen LogP contribution in [0.15, 0.2) is 12.4 Å². The number of nitrogens with zero attached hydrogens (tertiary/aromatic N) is 2. The summed E-state index contributed by atoms with van der Waals surface area (Å²) in [4.78, 5) is 4.04. The zero-order valence-corrected chi connectivity index (χ0v) is 6.90. The Hall–Kier alpha value is -0.900. The van der Waals surface area contributed by atoms with Crippen LogP contribution in [0, 0.1) is 6.92 Å². The van der Waals surface area contributed by atoms with Crippen LogP contribution in [0.4, 0.5) is 4.39 Å². The zero-order valence-electron chi connectivity index (χ0n) is 6.90. The highest BCUT2D eigenvalue weighted by Gasteiger charge is 2.29. The Bertz CT molecular complexity index is 274. The minimum Gasteiger partial charge on any atom is -0.376 e. The molecule has 0 saturated carbocycles. The summed E-state index contributed by atoms with van der Waals surface area (Å²) in [6, 6.07) is -0.174. The van der Waals surface area contributed by atoms with E-state index >= 15 is 0 Å². The summed E-state index contributed by atoms with van der Waals surface area (Å²) in [6.45, 7) is 2.53. The molecule has 0 N–H and O–H groups in total. The number of alkyl halides is 1. The molecule has 2 atom stereocenters. The minimum atomic E-state index is -0.891. The largest absolute Gasteiger partial charge is 0.376 e. The van der Waals surface area contributed by atoms with Crippen LogP contribution in [0.5, 0.6) is 0 Å². The highest BCUT2D eigenvalue weighted by Crippen LogP contribution is 2.23. The Balaban J connectivity index is 2.24. The summed E-state index contributed by atoms with van der Waals surface area (Å²) < 4.78 is 20.0. The van der Waals surface area contributed by atoms with E-state index in [0.29, 0.717) is 6.61 Å². The van der Waals surface area contributed by atoms with E-state index in [9.17, 15) is 4.39 Å². The second-order valence-electron chi connectivity index (χ2n) is 3.00. The maximum atomic E-state index is 13.2. The van der Waals surface area contributed by atoms with Gasteiger partial charge in [-0.3, -0.25) is 0 Å². The molecule has 66 valence electrons. The summed E-state index contributed by atoms with van der Waals surface area (Å²) in [7, 11) is 0. The van der Waals surface area contributed by atoms with Crippen LogP contribution in [-0.2, 0) is 4.74 Å². The number of imidazole rings is 1. The fourth-order valence-corrected chi connectivity index (χ4v) is 1.51. The summed E-state index contributed by atoms with van der Waals surface area (Å²) >= 11 is 0. The van der Waals surface area contributed by atoms with Crippen LogP contribution >= 0.6 is 0 Å². The molecule has 1 aromatic heterocycles. The summed E-state index contributed by atoms with van der Waals surface area (Å²) in [5, 5.41) is 0. The molecule has 1 fully saturated rings. The quantitative estimate of drug-likeness (QED) is 0.631. The van der Waals surface area contributed by atoms with Gasteiger partial charge in [-0.2, -0.15) is 0 Å². The standard InChI is InChI=1S/C8H11FN2O/c1-6-10-2-3-11(6)8-5-12-4-7(8)9/h2-3,7-8H,4-5H2,1H3/t7-,8-/m1/s1. The Morgan fingerprint density at radius 1 is 1.67 bits per heavy atom. The van der Waals surface area contributed by atoms with Crippen molar-refractivity contribution >= 4 is 0 Å². The van der Waals surface area contributed by atoms with Crippen molar-refractivity contribution < 1.29 is 9.13 Å². The van der Waals surface area contributed by atoms with Crippen LogP contribution in [0.2, 0.25) is 0 Å². The second kappa shape index (κ2) is 2.86. The van der Waals surface area contributed by atoms with Gasteiger partial charge in [0.2, 0.25) is 0 Å². The molecule has 1 aromatic rings. The third-order valence-corrected chi connectivity index (χ3v) is 2.20. The van der Waals surface area contributed by atoms with Crippen LogP contribution in [-0.4, -0.2) is 28.9 Å². The van der Waals surface area contributed by atoms with E-state index in [2.05, 4.69) is 4.98 Å². The molecule has 0 spiro atoms. The van der Waals surface area contributed by atoms with E-state index in [1.165, 1.54) is 0 Å². The minimum absolute atomic E-state index is 0.174. The van der Waals surface area contributed by atoms with Crippen molar-refractivity contribution in [3.05, 3.63) is 18.2 Å². The topological polar surface area (TPSA) is 27.1 Å². The van der Waals surface area contributed by atoms with E-state index < -0.39 is 6.17 Å². The molecule has 1 saturated heterocycles. The first-order chi connectivity index (χ1) is 5.79. The number of ether oxygens (including phenoxy) is 1. The number of aryl methyl sites for hydroxylation is 1. The van der Waals surface area contributed by atoms with Crippen LogP contribution in [0.1, 0.15) is 11.9 Å². The molecular weight excluding hydrogens is 159 g/mol. The molecule has 3 nitrogen and oxygen atoms in total. The first-order valence-electron chi connectivity index (χ1n) is 4.00. The van der Waals surface area contributed by atoms with Gasteiger partial charge in [0.05, 0.1) is 19.3 Å². The lowest BCUT2D eigenvalue weighted by molar-refractivity contribution is 0.172. The average Bonchev–Trinajstić information content (AvgIpc) is 2.59. The van der Waals surface area contributed by atoms with E-state index in [1.807, 2.05) is 11.5 Å². The number of halogens is 1. The third kappa shape index (κ3) is 1.12. The highest BCUT2D eigenvalue weighted by molar-refractivity contribution is 4.95. The van der Waals surface area contributed by atoms with Gasteiger partial charge in [0.15, 0.2) is 0 Å². The molecule has 0 amide bonds. The lowest BCUT2D eigenvalue weighted by Gasteiger charge is -2.13. The van der Waals surface area contributed by atoms with E-state index in [-0.39, 0.29) is 12.6 Å². The van der Waals surface area contributed by atoms with Crippen molar-refractivity contribution in [2.75, 3.05) is 13.2 Å². The molecule has 4 heteroatoms. The summed E-state index contributed by atoms with van der Waals surface area (Å²) in [6.07, 6.45) is 2.58. The van der Waals surface area contributed by atoms with Crippen molar-refractivity contribution in [2.24, 2.45) is 0 Å². The van der Waals surface area contributed by atoms with E-state index in [4.69, 9.17) is 4.74 Å². The zero-order chi connectivity index (χ0) is 8.55. The number of hydrogen-bond donors (Lipinski definition) is 0. The number of hydrogen-bond acceptors (Lipinski definition) is 2. The smallest absolute Gasteiger partial charge is 0.146 e. The Kier molecular flexibility index (Phi) is 1.84. The molecule has 0 unspecified atom stereocenters. The maximum absolute atomic E-state index is 13.2. The van der Waals surface area contributed by atoms with Gasteiger partial charge in [0.1, 0.15) is 12.0 Å². The van der Waals surface area contributed by atoms with Gasteiger partial charge in [-0.15, -0.1) is 0 Å². The van der Waals surface area contributed by atoms with Crippen molar-refractivity contribution in [3.8, 4) is 0 Å². The van der Waals surface area contributed by atoms with Crippen LogP contribution in [0.3, 0.4) is 0 Å². The van der Waals surface area contributed by atoms with Gasteiger partial charge < -0.3 is 9.30 Å². The van der Waals surface area contributed by atoms with Crippen molar-refractivity contribution in [3.63, 3.8) is 0 Å². The number of rotatable bonds is 1. The molecule has 0 radical (unpaired) electrons. The molecule has 1 aliphatic rings. The van der Waals surface area contributed by atoms with Gasteiger partial charge >= 0.3 is 0 Å². The van der Waals surface area contributed by atoms with Crippen molar-refractivity contribution in [1.82, 2.24) is 9.55 Å². The fourth-order valence-electron chi connectivity index (χ4n) is 1.51. The molecular formula is C8H11FN2O. The SMILES string of the molecule is Cc1nccn1[C@@H]1COC[C@H]1F. The molecule has 12 heavy (non-hydrogen) atoms. The Morgan fingerprint density at radius 2 is 2.50 bits per heavy atom. The normalized spacial score (nSPS) is 29.5. The Labute approximate surface area is 70.2 Å². The first-order valence-corrected chi connectivity index (χ1v) is 4.00. The summed E-state index contributed by atoms with van der Waals surface area (Å²) in [5.74, 6) is 0.841. The van der Waals surface area contributed by atoms with Gasteiger partial charge in [-0.05, 0) is 6.92 Å². The van der Waals surface area contributed by atoms with Crippen molar-refractivity contribution in [1.29, 1.82) is 0 Å². The molecule has 2 rings (SSSR count). The van der Waals surface area contributed by atoms with Crippen molar-refractivity contribution in [2.45, 2.75) is 19.1 Å². The number of aromatic nitrogens is 2. The van der Waals surface area contributed by atoms with Crippen LogP contribution in [0.25, 0.3) is 0 Å². The van der Waals surface area contributed by atoms with Gasteiger partial charge in [0.25, 0.3) is 0 Å². The highest BCUT2D eigenvalue weighted by atomic mass is 19.1. The lowest BCUT2D eigenvalue weighted by atomic mass is 10.2. The molecule has 0 aliphatic carbocycles. The molecule has 0 bridgehead atoms. The monoisotopic (exact) mass is 170 g/mol.